The maximum Gasteiger partial charge on any atom is 1.00 e. The molecule has 0 N–H and O–H groups in total. The number of carboxylic acid groups (broad SMARTS) is 1. The minimum atomic E-state index is -1.14. The third kappa shape index (κ3) is 4.53. The van der Waals surface area contributed by atoms with Gasteiger partial charge in [0.05, 0.1) is 12.1 Å². The first-order valence-corrected chi connectivity index (χ1v) is 2.46. The van der Waals surface area contributed by atoms with E-state index in [0.717, 1.165) is 0 Å². The van der Waals surface area contributed by atoms with Crippen molar-refractivity contribution in [2.24, 2.45) is 0 Å². The van der Waals surface area contributed by atoms with Gasteiger partial charge in [-0.25, -0.2) is 0 Å². The molecule has 0 aliphatic heterocycles. The predicted octanol–water partition coefficient (Wildman–Crippen LogP) is -3.83. The molecule has 1 atom stereocenters. The summed E-state index contributed by atoms with van der Waals surface area (Å²) in [5, 5.41) is 9.93. The normalized spacial score (nSPS) is 11.8. The number of carbonyl (C=O) groups is 1. The molecule has 4 heteroatoms. The Morgan fingerprint density at radius 2 is 2.22 bits per heavy atom. The molecule has 0 saturated heterocycles. The first kappa shape index (κ1) is 11.8. The average Bonchev–Trinajstić information content (AvgIpc) is 1.69. The Morgan fingerprint density at radius 3 is 2.22 bits per heavy atom. The topological polar surface area (TPSA) is 49.4 Å². The monoisotopic (exact) mass is 124 g/mol. The van der Waals surface area contributed by atoms with Gasteiger partial charge in [-0.05, 0) is 6.42 Å². The van der Waals surface area contributed by atoms with E-state index in [1.54, 1.807) is 6.92 Å². The van der Waals surface area contributed by atoms with E-state index in [9.17, 15) is 9.90 Å². The van der Waals surface area contributed by atoms with Gasteiger partial charge in [-0.15, -0.1) is 0 Å². The number of carbonyl (C=O) groups excluding carboxylic acids is 1. The van der Waals surface area contributed by atoms with E-state index in [-0.39, 0.29) is 18.9 Å². The van der Waals surface area contributed by atoms with E-state index in [1.165, 1.54) is 7.11 Å². The molecule has 0 aliphatic carbocycles. The van der Waals surface area contributed by atoms with Crippen LogP contribution >= 0.6 is 0 Å². The van der Waals surface area contributed by atoms with Crippen molar-refractivity contribution < 1.29 is 33.5 Å². The first-order chi connectivity index (χ1) is 3.72. The van der Waals surface area contributed by atoms with Crippen LogP contribution in [0.2, 0.25) is 0 Å². The number of methoxy groups -OCH3 is 1. The average molecular weight is 124 g/mol. The number of aliphatic carboxylic acids is 1. The van der Waals surface area contributed by atoms with Crippen molar-refractivity contribution in [3.8, 4) is 0 Å². The third-order valence-corrected chi connectivity index (χ3v) is 0.918. The largest absolute Gasteiger partial charge is 1.00 e. The number of rotatable bonds is 3. The van der Waals surface area contributed by atoms with Crippen LogP contribution in [0.4, 0.5) is 0 Å². The first-order valence-electron chi connectivity index (χ1n) is 2.46. The molecule has 0 fully saturated rings. The van der Waals surface area contributed by atoms with Crippen molar-refractivity contribution >= 4 is 5.97 Å². The maximum atomic E-state index is 9.93. The second-order valence-electron chi connectivity index (χ2n) is 1.45. The molecular formula is C5H9LiO3. The molecule has 0 aromatic rings. The standard InChI is InChI=1S/C5H10O3.Li/c1-3-4(8-2)5(6)7;/h4H,3H2,1-2H3,(H,6,7);/q;+1/p-1. The van der Waals surface area contributed by atoms with Gasteiger partial charge in [-0.2, -0.15) is 0 Å². The van der Waals surface area contributed by atoms with Crippen LogP contribution < -0.4 is 24.0 Å². The molecule has 0 aromatic heterocycles. The quantitative estimate of drug-likeness (QED) is 0.362. The predicted molar refractivity (Wildman–Crippen MR) is 26.1 cm³/mol. The summed E-state index contributed by atoms with van der Waals surface area (Å²) in [5.74, 6) is -1.14. The fourth-order valence-corrected chi connectivity index (χ4v) is 0.430. The van der Waals surface area contributed by atoms with Crippen molar-refractivity contribution in [3.63, 3.8) is 0 Å². The van der Waals surface area contributed by atoms with Crippen LogP contribution in [-0.2, 0) is 9.53 Å². The molecule has 9 heavy (non-hydrogen) atoms. The molecule has 0 rings (SSSR count). The van der Waals surface area contributed by atoms with Gasteiger partial charge < -0.3 is 14.6 Å². The van der Waals surface area contributed by atoms with Gasteiger partial charge in [0.25, 0.3) is 0 Å². The van der Waals surface area contributed by atoms with E-state index in [2.05, 4.69) is 4.74 Å². The number of ether oxygens (including phenoxy) is 1. The molecule has 3 nitrogen and oxygen atoms in total. The fourth-order valence-electron chi connectivity index (χ4n) is 0.430. The summed E-state index contributed by atoms with van der Waals surface area (Å²) >= 11 is 0. The summed E-state index contributed by atoms with van der Waals surface area (Å²) in [6.45, 7) is 1.73. The van der Waals surface area contributed by atoms with Gasteiger partial charge in [0.2, 0.25) is 0 Å². The van der Waals surface area contributed by atoms with E-state index in [0.29, 0.717) is 6.42 Å². The molecule has 0 bridgehead atoms. The summed E-state index contributed by atoms with van der Waals surface area (Å²) < 4.78 is 4.50. The fraction of sp³-hybridized carbons (Fsp3) is 0.800. The van der Waals surface area contributed by atoms with Crippen LogP contribution in [0.5, 0.6) is 0 Å². The molecule has 48 valence electrons. The molecule has 0 aliphatic rings. The second kappa shape index (κ2) is 6.15. The molecule has 0 amide bonds. The summed E-state index contributed by atoms with van der Waals surface area (Å²) in [5.41, 5.74) is 0. The Hall–Kier alpha value is 0.0274. The summed E-state index contributed by atoms with van der Waals surface area (Å²) in [7, 11) is 1.35. The summed E-state index contributed by atoms with van der Waals surface area (Å²) in [6.07, 6.45) is -0.284. The van der Waals surface area contributed by atoms with Gasteiger partial charge in [-0.3, -0.25) is 0 Å². The Bertz CT molecular complexity index is 80.3. The van der Waals surface area contributed by atoms with Crippen LogP contribution in [-0.4, -0.2) is 19.2 Å². The zero-order valence-corrected chi connectivity index (χ0v) is 6.01. The van der Waals surface area contributed by atoms with Gasteiger partial charge in [0, 0.05) is 7.11 Å². The second-order valence-corrected chi connectivity index (χ2v) is 1.45. The van der Waals surface area contributed by atoms with E-state index >= 15 is 0 Å². The number of hydrogen-bond donors (Lipinski definition) is 0. The van der Waals surface area contributed by atoms with Crippen LogP contribution in [0, 0.1) is 0 Å². The van der Waals surface area contributed by atoms with E-state index < -0.39 is 12.1 Å². The molecule has 0 spiro atoms. The molecule has 0 saturated carbocycles. The Kier molecular flexibility index (Phi) is 8.05. The molecule has 0 heterocycles. The zero-order chi connectivity index (χ0) is 6.57. The van der Waals surface area contributed by atoms with Crippen molar-refractivity contribution in [1.82, 2.24) is 0 Å². The Labute approximate surface area is 66.6 Å². The Morgan fingerprint density at radius 1 is 1.78 bits per heavy atom. The smallest absolute Gasteiger partial charge is 0.547 e. The molecule has 0 radical (unpaired) electrons. The third-order valence-electron chi connectivity index (χ3n) is 0.918. The Balaban J connectivity index is 0. The summed E-state index contributed by atoms with van der Waals surface area (Å²) in [6, 6.07) is 0. The number of carboxylic acids is 1. The van der Waals surface area contributed by atoms with Crippen molar-refractivity contribution in [2.45, 2.75) is 19.4 Å². The molecular weight excluding hydrogens is 115 g/mol. The summed E-state index contributed by atoms with van der Waals surface area (Å²) in [4.78, 5) is 9.93. The minimum absolute atomic E-state index is 0. The van der Waals surface area contributed by atoms with Gasteiger partial charge >= 0.3 is 18.9 Å². The van der Waals surface area contributed by atoms with Crippen molar-refractivity contribution in [3.05, 3.63) is 0 Å². The van der Waals surface area contributed by atoms with E-state index in [4.69, 9.17) is 0 Å². The molecule has 0 aromatic carbocycles. The van der Waals surface area contributed by atoms with Crippen LogP contribution in [0.25, 0.3) is 0 Å². The van der Waals surface area contributed by atoms with Crippen LogP contribution in [0.1, 0.15) is 13.3 Å². The van der Waals surface area contributed by atoms with Crippen molar-refractivity contribution in [2.75, 3.05) is 7.11 Å². The number of hydrogen-bond acceptors (Lipinski definition) is 3. The van der Waals surface area contributed by atoms with Gasteiger partial charge in [-0.1, -0.05) is 6.92 Å². The van der Waals surface area contributed by atoms with Gasteiger partial charge in [0.15, 0.2) is 0 Å². The van der Waals surface area contributed by atoms with Gasteiger partial charge in [0.1, 0.15) is 0 Å². The van der Waals surface area contributed by atoms with Crippen LogP contribution in [0.15, 0.2) is 0 Å². The van der Waals surface area contributed by atoms with Crippen LogP contribution in [0.3, 0.4) is 0 Å². The zero-order valence-electron chi connectivity index (χ0n) is 6.01. The van der Waals surface area contributed by atoms with Crippen molar-refractivity contribution in [1.29, 1.82) is 0 Å². The SMILES string of the molecule is CCC(OC)C(=O)[O-].[Li+]. The van der Waals surface area contributed by atoms with E-state index in [1.807, 2.05) is 0 Å². The maximum absolute atomic E-state index is 9.93. The molecule has 1 unspecified atom stereocenters. The minimum Gasteiger partial charge on any atom is -0.547 e.